The number of ether oxygens (including phenoxy) is 1. The van der Waals surface area contributed by atoms with Crippen molar-refractivity contribution in [3.8, 4) is 5.75 Å². The lowest BCUT2D eigenvalue weighted by molar-refractivity contribution is -0.122. The van der Waals surface area contributed by atoms with E-state index in [1.54, 1.807) is 0 Å². The molecule has 0 aliphatic rings. The van der Waals surface area contributed by atoms with Gasteiger partial charge in [0.25, 0.3) is 15.9 Å². The summed E-state index contributed by atoms with van der Waals surface area (Å²) in [6, 6.07) is 15.7. The molecule has 0 saturated carbocycles. The second-order valence-electron chi connectivity index (χ2n) is 6.34. The molecule has 3 aromatic rings. The molecule has 0 aliphatic carbocycles. The Morgan fingerprint density at radius 2 is 1.33 bits per heavy atom. The fourth-order valence-electron chi connectivity index (χ4n) is 2.46. The average molecular weight is 432 g/mol. The van der Waals surface area contributed by atoms with Gasteiger partial charge in [0.05, 0.1) is 4.90 Å². The average Bonchev–Trinajstić information content (AvgIpc) is 2.71. The molecule has 0 unspecified atom stereocenters. The number of nitrogens with one attached hydrogen (secondary N) is 2. The fraction of sp³-hybridized carbons (Fsp3) is 0.0952. The van der Waals surface area contributed by atoms with Gasteiger partial charge in [-0.25, -0.2) is 17.2 Å². The molecule has 0 aromatic heterocycles. The molecule has 3 rings (SSSR count). The van der Waals surface area contributed by atoms with E-state index in [4.69, 9.17) is 4.74 Å². The molecule has 9 heteroatoms. The highest BCUT2D eigenvalue weighted by atomic mass is 32.2. The Morgan fingerprint density at radius 3 is 1.90 bits per heavy atom. The SMILES string of the molecule is C[C@H](Oc1ccc(F)cc1)C(=O)Nc1ccc(S(=O)(=O)Nc2ccc(F)cc2)cc1. The van der Waals surface area contributed by atoms with Crippen molar-refractivity contribution in [3.63, 3.8) is 0 Å². The van der Waals surface area contributed by atoms with E-state index >= 15 is 0 Å². The molecule has 0 radical (unpaired) electrons. The third-order valence-corrected chi connectivity index (χ3v) is 5.42. The summed E-state index contributed by atoms with van der Waals surface area (Å²) in [6.45, 7) is 1.53. The van der Waals surface area contributed by atoms with Crippen LogP contribution in [0.15, 0.2) is 77.7 Å². The Morgan fingerprint density at radius 1 is 0.833 bits per heavy atom. The highest BCUT2D eigenvalue weighted by molar-refractivity contribution is 7.92. The quantitative estimate of drug-likeness (QED) is 0.587. The second-order valence-corrected chi connectivity index (χ2v) is 8.02. The van der Waals surface area contributed by atoms with Crippen molar-refractivity contribution in [2.45, 2.75) is 17.9 Å². The molecule has 0 aliphatic heterocycles. The number of carbonyl (C=O) groups is 1. The predicted molar refractivity (Wildman–Crippen MR) is 109 cm³/mol. The van der Waals surface area contributed by atoms with E-state index in [9.17, 15) is 22.0 Å². The second kappa shape index (κ2) is 8.91. The molecular weight excluding hydrogens is 414 g/mol. The molecule has 2 N–H and O–H groups in total. The van der Waals surface area contributed by atoms with Crippen LogP contribution in [0.3, 0.4) is 0 Å². The molecule has 0 spiro atoms. The maximum atomic E-state index is 13.0. The number of amides is 1. The Kier molecular flexibility index (Phi) is 6.31. The summed E-state index contributed by atoms with van der Waals surface area (Å²) >= 11 is 0. The zero-order chi connectivity index (χ0) is 21.7. The minimum atomic E-state index is -3.87. The van der Waals surface area contributed by atoms with Crippen LogP contribution in [0.5, 0.6) is 5.75 Å². The number of rotatable bonds is 7. The number of anilines is 2. The van der Waals surface area contributed by atoms with Crippen LogP contribution in [-0.2, 0) is 14.8 Å². The van der Waals surface area contributed by atoms with Gasteiger partial charge in [-0.2, -0.15) is 0 Å². The van der Waals surface area contributed by atoms with Gasteiger partial charge in [0.2, 0.25) is 0 Å². The van der Waals surface area contributed by atoms with Gasteiger partial charge in [-0.15, -0.1) is 0 Å². The van der Waals surface area contributed by atoms with Gasteiger partial charge in [-0.1, -0.05) is 0 Å². The van der Waals surface area contributed by atoms with Gasteiger partial charge < -0.3 is 10.1 Å². The van der Waals surface area contributed by atoms with E-state index in [0.717, 1.165) is 12.1 Å². The van der Waals surface area contributed by atoms with Gasteiger partial charge in [0.1, 0.15) is 17.4 Å². The molecule has 156 valence electrons. The number of hydrogen-bond donors (Lipinski definition) is 2. The van der Waals surface area contributed by atoms with E-state index in [1.807, 2.05) is 0 Å². The van der Waals surface area contributed by atoms with Crippen LogP contribution in [-0.4, -0.2) is 20.4 Å². The van der Waals surface area contributed by atoms with Crippen molar-refractivity contribution in [2.24, 2.45) is 0 Å². The van der Waals surface area contributed by atoms with Gasteiger partial charge in [0.15, 0.2) is 6.10 Å². The standard InChI is InChI=1S/C21H18F2N2O4S/c1-14(29-19-10-4-16(23)5-11-19)21(26)24-17-8-12-20(13-9-17)30(27,28)25-18-6-2-15(22)3-7-18/h2-14,25H,1H3,(H,24,26)/t14-/m0/s1. The molecule has 1 amide bonds. The molecule has 3 aromatic carbocycles. The Hall–Kier alpha value is -3.46. The van der Waals surface area contributed by atoms with Crippen molar-refractivity contribution >= 4 is 27.3 Å². The lowest BCUT2D eigenvalue weighted by Gasteiger charge is -2.15. The highest BCUT2D eigenvalue weighted by Crippen LogP contribution is 2.19. The summed E-state index contributed by atoms with van der Waals surface area (Å²) in [5, 5.41) is 2.61. The third kappa shape index (κ3) is 5.54. The molecule has 6 nitrogen and oxygen atoms in total. The van der Waals surface area contributed by atoms with Crippen LogP contribution in [0.2, 0.25) is 0 Å². The van der Waals surface area contributed by atoms with Crippen LogP contribution >= 0.6 is 0 Å². The van der Waals surface area contributed by atoms with Gasteiger partial charge >= 0.3 is 0 Å². The zero-order valence-corrected chi connectivity index (χ0v) is 16.6. The first kappa shape index (κ1) is 21.3. The molecule has 30 heavy (non-hydrogen) atoms. The van der Waals surface area contributed by atoms with E-state index in [-0.39, 0.29) is 10.6 Å². The van der Waals surface area contributed by atoms with Crippen molar-refractivity contribution in [1.82, 2.24) is 0 Å². The van der Waals surface area contributed by atoms with Crippen molar-refractivity contribution in [1.29, 1.82) is 0 Å². The van der Waals surface area contributed by atoms with Crippen LogP contribution in [0.4, 0.5) is 20.2 Å². The molecule has 0 fully saturated rings. The topological polar surface area (TPSA) is 84.5 Å². The van der Waals surface area contributed by atoms with E-state index in [0.29, 0.717) is 11.4 Å². The Bertz CT molecular complexity index is 1120. The molecule has 0 bridgehead atoms. The van der Waals surface area contributed by atoms with E-state index in [2.05, 4.69) is 10.0 Å². The van der Waals surface area contributed by atoms with Crippen molar-refractivity contribution in [2.75, 3.05) is 10.0 Å². The molecule has 1 atom stereocenters. The number of hydrogen-bond acceptors (Lipinski definition) is 4. The third-order valence-electron chi connectivity index (χ3n) is 4.02. The minimum absolute atomic E-state index is 0.0274. The predicted octanol–water partition coefficient (Wildman–Crippen LogP) is 4.17. The normalized spacial score (nSPS) is 12.1. The summed E-state index contributed by atoms with van der Waals surface area (Å²) in [5.74, 6) is -1.01. The van der Waals surface area contributed by atoms with Crippen LogP contribution in [0, 0.1) is 11.6 Å². The fourth-order valence-corrected chi connectivity index (χ4v) is 3.52. The van der Waals surface area contributed by atoms with Crippen molar-refractivity contribution < 1.29 is 26.7 Å². The van der Waals surface area contributed by atoms with E-state index in [1.165, 1.54) is 67.6 Å². The van der Waals surface area contributed by atoms with Crippen LogP contribution < -0.4 is 14.8 Å². The smallest absolute Gasteiger partial charge is 0.265 e. The number of halogens is 2. The summed E-state index contributed by atoms with van der Waals surface area (Å²) in [7, 11) is -3.87. The van der Waals surface area contributed by atoms with Gasteiger partial charge in [-0.3, -0.25) is 9.52 Å². The molecule has 0 heterocycles. The molecular formula is C21H18F2N2O4S. The Labute approximate surface area is 172 Å². The van der Waals surface area contributed by atoms with Crippen LogP contribution in [0.1, 0.15) is 6.92 Å². The first-order chi connectivity index (χ1) is 14.2. The largest absolute Gasteiger partial charge is 0.481 e. The lowest BCUT2D eigenvalue weighted by Crippen LogP contribution is -2.30. The number of benzene rings is 3. The summed E-state index contributed by atoms with van der Waals surface area (Å²) in [4.78, 5) is 12.2. The monoisotopic (exact) mass is 432 g/mol. The van der Waals surface area contributed by atoms with Crippen LogP contribution in [0.25, 0.3) is 0 Å². The number of sulfonamides is 1. The summed E-state index contributed by atoms with van der Waals surface area (Å²) in [6.07, 6.45) is -0.862. The Balaban J connectivity index is 1.62. The van der Waals surface area contributed by atoms with Gasteiger partial charge in [-0.05, 0) is 79.7 Å². The minimum Gasteiger partial charge on any atom is -0.481 e. The highest BCUT2D eigenvalue weighted by Gasteiger charge is 2.17. The first-order valence-corrected chi connectivity index (χ1v) is 10.3. The van der Waals surface area contributed by atoms with E-state index < -0.39 is 33.7 Å². The van der Waals surface area contributed by atoms with Crippen molar-refractivity contribution in [3.05, 3.63) is 84.4 Å². The molecule has 0 saturated heterocycles. The lowest BCUT2D eigenvalue weighted by atomic mass is 10.3. The zero-order valence-electron chi connectivity index (χ0n) is 15.8. The maximum Gasteiger partial charge on any atom is 0.265 e. The summed E-state index contributed by atoms with van der Waals surface area (Å²) in [5.41, 5.74) is 0.593. The van der Waals surface area contributed by atoms with Gasteiger partial charge in [0, 0.05) is 11.4 Å². The number of carbonyl (C=O) groups excluding carboxylic acids is 1. The maximum absolute atomic E-state index is 13.0. The summed E-state index contributed by atoms with van der Waals surface area (Å²) < 4.78 is 58.5. The first-order valence-electron chi connectivity index (χ1n) is 8.84.